The zero-order valence-electron chi connectivity index (χ0n) is 14.9. The van der Waals surface area contributed by atoms with Gasteiger partial charge in [0, 0.05) is 5.69 Å². The highest BCUT2D eigenvalue weighted by Crippen LogP contribution is 2.53. The van der Waals surface area contributed by atoms with E-state index in [0.29, 0.717) is 11.4 Å². The van der Waals surface area contributed by atoms with E-state index in [1.165, 1.54) is 29.2 Å². The van der Waals surface area contributed by atoms with Crippen molar-refractivity contribution in [1.82, 2.24) is 0 Å². The van der Waals surface area contributed by atoms with E-state index in [1.54, 1.807) is 30.3 Å². The van der Waals surface area contributed by atoms with Gasteiger partial charge in [0.25, 0.3) is 10.0 Å². The smallest absolute Gasteiger partial charge is 0.261 e. The Morgan fingerprint density at radius 1 is 0.821 bits per heavy atom. The number of imide groups is 1. The molecule has 3 aliphatic rings. The second-order valence-corrected chi connectivity index (χ2v) is 9.16. The lowest BCUT2D eigenvalue weighted by Gasteiger charge is -2.17. The third kappa shape index (κ3) is 2.50. The van der Waals surface area contributed by atoms with Gasteiger partial charge < -0.3 is 0 Å². The Hall–Kier alpha value is -2.93. The Bertz CT molecular complexity index is 1060. The summed E-state index contributed by atoms with van der Waals surface area (Å²) in [7, 11) is -3.75. The maximum absolute atomic E-state index is 12.9. The van der Waals surface area contributed by atoms with E-state index >= 15 is 0 Å². The van der Waals surface area contributed by atoms with Crippen molar-refractivity contribution < 1.29 is 18.0 Å². The molecular weight excluding hydrogens is 376 g/mol. The molecule has 2 amide bonds. The number of carbonyl (C=O) groups excluding carboxylic acids is 2. The number of amides is 2. The fourth-order valence-electron chi connectivity index (χ4n) is 4.65. The Balaban J connectivity index is 1.40. The molecule has 1 aliphatic heterocycles. The van der Waals surface area contributed by atoms with Crippen molar-refractivity contribution in [1.29, 1.82) is 0 Å². The first kappa shape index (κ1) is 17.2. The van der Waals surface area contributed by atoms with E-state index in [1.807, 2.05) is 12.2 Å². The molecule has 1 unspecified atom stereocenters. The average molecular weight is 394 g/mol. The van der Waals surface area contributed by atoms with Crippen LogP contribution in [-0.4, -0.2) is 20.2 Å². The van der Waals surface area contributed by atoms with Crippen LogP contribution in [-0.2, 0) is 19.6 Å². The minimum atomic E-state index is -3.75. The van der Waals surface area contributed by atoms with Crippen LogP contribution in [0, 0.1) is 23.7 Å². The fourth-order valence-corrected chi connectivity index (χ4v) is 5.71. The Morgan fingerprint density at radius 2 is 1.39 bits per heavy atom. The summed E-state index contributed by atoms with van der Waals surface area (Å²) in [6, 6.07) is 14.5. The zero-order valence-corrected chi connectivity index (χ0v) is 15.7. The SMILES string of the molecule is O=C1[C@@H]2[C@@H]3C=CC(C3)[C@@H]2C(=O)N1c1ccc(S(=O)(=O)Nc2ccccc2)cc1. The van der Waals surface area contributed by atoms with Gasteiger partial charge in [-0.15, -0.1) is 0 Å². The first-order valence-electron chi connectivity index (χ1n) is 9.20. The fraction of sp³-hybridized carbons (Fsp3) is 0.238. The first-order chi connectivity index (χ1) is 13.5. The second-order valence-electron chi connectivity index (χ2n) is 7.48. The van der Waals surface area contributed by atoms with E-state index in [-0.39, 0.29) is 40.4 Å². The molecule has 2 aromatic rings. The topological polar surface area (TPSA) is 83.6 Å². The molecule has 2 fully saturated rings. The third-order valence-corrected chi connectivity index (χ3v) is 7.30. The number of nitrogens with zero attached hydrogens (tertiary/aromatic N) is 1. The van der Waals surface area contributed by atoms with Crippen LogP contribution in [0.15, 0.2) is 71.6 Å². The van der Waals surface area contributed by atoms with E-state index in [0.717, 1.165) is 6.42 Å². The molecule has 0 aromatic heterocycles. The van der Waals surface area contributed by atoms with Gasteiger partial charge in [0.1, 0.15) is 0 Å². The Morgan fingerprint density at radius 3 is 1.96 bits per heavy atom. The van der Waals surface area contributed by atoms with Gasteiger partial charge in [-0.3, -0.25) is 19.2 Å². The molecule has 0 spiro atoms. The summed E-state index contributed by atoms with van der Waals surface area (Å²) in [5.41, 5.74) is 0.884. The van der Waals surface area contributed by atoms with Crippen molar-refractivity contribution in [3.05, 3.63) is 66.7 Å². The molecule has 0 radical (unpaired) electrons. The summed E-state index contributed by atoms with van der Waals surface area (Å²) in [6.07, 6.45) is 4.97. The number of sulfonamides is 1. The number of benzene rings is 2. The molecule has 1 saturated heterocycles. The van der Waals surface area contributed by atoms with Gasteiger partial charge in [-0.2, -0.15) is 0 Å². The summed E-state index contributed by atoms with van der Waals surface area (Å²) in [6.45, 7) is 0. The number of hydrogen-bond acceptors (Lipinski definition) is 4. The van der Waals surface area contributed by atoms with Crippen molar-refractivity contribution >= 4 is 33.2 Å². The number of nitrogens with one attached hydrogen (secondary N) is 1. The van der Waals surface area contributed by atoms with Gasteiger partial charge in [-0.25, -0.2) is 8.42 Å². The van der Waals surface area contributed by atoms with Crippen molar-refractivity contribution in [3.8, 4) is 0 Å². The molecule has 142 valence electrons. The number of allylic oxidation sites excluding steroid dienone is 2. The molecule has 28 heavy (non-hydrogen) atoms. The van der Waals surface area contributed by atoms with Crippen LogP contribution < -0.4 is 9.62 Å². The van der Waals surface area contributed by atoms with Gasteiger partial charge >= 0.3 is 0 Å². The molecule has 2 bridgehead atoms. The van der Waals surface area contributed by atoms with Crippen molar-refractivity contribution in [2.24, 2.45) is 23.7 Å². The molecule has 7 heteroatoms. The van der Waals surface area contributed by atoms with Crippen LogP contribution in [0.2, 0.25) is 0 Å². The molecular formula is C21H18N2O4S. The van der Waals surface area contributed by atoms with Crippen molar-refractivity contribution in [2.75, 3.05) is 9.62 Å². The summed E-state index contributed by atoms with van der Waals surface area (Å²) >= 11 is 0. The van der Waals surface area contributed by atoms with Crippen LogP contribution in [0.25, 0.3) is 0 Å². The van der Waals surface area contributed by atoms with Crippen molar-refractivity contribution in [3.63, 3.8) is 0 Å². The van der Waals surface area contributed by atoms with E-state index < -0.39 is 10.0 Å². The predicted molar refractivity (Wildman–Crippen MR) is 104 cm³/mol. The lowest BCUT2D eigenvalue weighted by Crippen LogP contribution is -2.32. The minimum absolute atomic E-state index is 0.0705. The predicted octanol–water partition coefficient (Wildman–Crippen LogP) is 2.80. The highest BCUT2D eigenvalue weighted by molar-refractivity contribution is 7.92. The normalized spacial score (nSPS) is 28.1. The molecule has 1 saturated carbocycles. The largest absolute Gasteiger partial charge is 0.280 e. The second kappa shape index (κ2) is 6.04. The van der Waals surface area contributed by atoms with E-state index in [9.17, 15) is 18.0 Å². The van der Waals surface area contributed by atoms with Gasteiger partial charge in [0.2, 0.25) is 11.8 Å². The van der Waals surface area contributed by atoms with Crippen LogP contribution in [0.4, 0.5) is 11.4 Å². The number of fused-ring (bicyclic) bond motifs is 5. The van der Waals surface area contributed by atoms with Crippen LogP contribution in [0.5, 0.6) is 0 Å². The maximum Gasteiger partial charge on any atom is 0.261 e. The minimum Gasteiger partial charge on any atom is -0.280 e. The number of rotatable bonds is 4. The number of hydrogen-bond donors (Lipinski definition) is 1. The standard InChI is InChI=1S/C21H18N2O4S/c24-20-18-13-6-7-14(12-13)19(18)21(25)23(20)16-8-10-17(11-9-16)28(26,27)22-15-4-2-1-3-5-15/h1-11,13-14,18-19,22H,12H2/t13-,14?,18-,19+/m1/s1. The van der Waals surface area contributed by atoms with Crippen LogP contribution in [0.3, 0.4) is 0 Å². The van der Waals surface area contributed by atoms with Gasteiger partial charge in [-0.1, -0.05) is 30.4 Å². The third-order valence-electron chi connectivity index (χ3n) is 5.90. The molecule has 5 rings (SSSR count). The quantitative estimate of drug-likeness (QED) is 0.638. The van der Waals surface area contributed by atoms with Gasteiger partial charge in [0.05, 0.1) is 22.4 Å². The molecule has 1 N–H and O–H groups in total. The highest BCUT2D eigenvalue weighted by Gasteiger charge is 2.59. The molecule has 1 heterocycles. The highest BCUT2D eigenvalue weighted by atomic mass is 32.2. The first-order valence-corrected chi connectivity index (χ1v) is 10.7. The molecule has 2 aliphatic carbocycles. The Labute approximate surface area is 162 Å². The van der Waals surface area contributed by atoms with Gasteiger partial charge in [0.15, 0.2) is 0 Å². The summed E-state index contributed by atoms with van der Waals surface area (Å²) < 4.78 is 27.6. The lowest BCUT2D eigenvalue weighted by atomic mass is 9.85. The molecule has 2 aromatic carbocycles. The summed E-state index contributed by atoms with van der Waals surface area (Å²) in [4.78, 5) is 27.0. The molecule has 6 nitrogen and oxygen atoms in total. The monoisotopic (exact) mass is 394 g/mol. The number of para-hydroxylation sites is 1. The van der Waals surface area contributed by atoms with E-state index in [2.05, 4.69) is 4.72 Å². The number of anilines is 2. The summed E-state index contributed by atoms with van der Waals surface area (Å²) in [5.74, 6) is -0.608. The van der Waals surface area contributed by atoms with Crippen LogP contribution >= 0.6 is 0 Å². The Kier molecular flexibility index (Phi) is 3.71. The van der Waals surface area contributed by atoms with Crippen molar-refractivity contribution in [2.45, 2.75) is 11.3 Å². The van der Waals surface area contributed by atoms with E-state index in [4.69, 9.17) is 0 Å². The van der Waals surface area contributed by atoms with Gasteiger partial charge in [-0.05, 0) is 54.7 Å². The maximum atomic E-state index is 12.9. The lowest BCUT2D eigenvalue weighted by molar-refractivity contribution is -0.123. The summed E-state index contributed by atoms with van der Waals surface area (Å²) in [5, 5.41) is 0. The number of carbonyl (C=O) groups is 2. The molecule has 4 atom stereocenters. The zero-order chi connectivity index (χ0) is 19.5. The average Bonchev–Trinajstić information content (AvgIpc) is 3.36. The van der Waals surface area contributed by atoms with Crippen LogP contribution in [0.1, 0.15) is 6.42 Å².